The summed E-state index contributed by atoms with van der Waals surface area (Å²) in [5.74, 6) is 1.09. The number of nitrogens with zero attached hydrogens (tertiary/aromatic N) is 2. The largest absolute Gasteiger partial charge is 0.454 e. The fourth-order valence-corrected chi connectivity index (χ4v) is 2.59. The van der Waals surface area contributed by atoms with E-state index in [0.29, 0.717) is 17.1 Å². The van der Waals surface area contributed by atoms with Gasteiger partial charge in [0.15, 0.2) is 17.2 Å². The van der Waals surface area contributed by atoms with Crippen LogP contribution in [0, 0.1) is 0 Å². The van der Waals surface area contributed by atoms with Crippen molar-refractivity contribution in [3.05, 3.63) is 59.3 Å². The van der Waals surface area contributed by atoms with Crippen molar-refractivity contribution in [2.45, 2.75) is 0 Å². The van der Waals surface area contributed by atoms with Crippen molar-refractivity contribution >= 4 is 23.6 Å². The van der Waals surface area contributed by atoms with Crippen LogP contribution in [0.1, 0.15) is 11.1 Å². The molecule has 0 atom stereocenters. The van der Waals surface area contributed by atoms with E-state index in [-0.39, 0.29) is 18.4 Å². The van der Waals surface area contributed by atoms with Crippen molar-refractivity contribution in [2.75, 3.05) is 25.8 Å². The number of anilines is 1. The van der Waals surface area contributed by atoms with Gasteiger partial charge in [-0.25, -0.2) is 9.79 Å². The quantitative estimate of drug-likeness (QED) is 0.637. The van der Waals surface area contributed by atoms with Crippen LogP contribution in [0.2, 0.25) is 0 Å². The van der Waals surface area contributed by atoms with Crippen LogP contribution in [0.15, 0.2) is 53.2 Å². The fourth-order valence-electron chi connectivity index (χ4n) is 2.59. The number of carbonyl (C=O) groups excluding carboxylic acids is 1. The lowest BCUT2D eigenvalue weighted by Crippen LogP contribution is -2.08. The Morgan fingerprint density at radius 1 is 1.04 bits per heavy atom. The van der Waals surface area contributed by atoms with Gasteiger partial charge in [0.05, 0.1) is 0 Å². The SMILES string of the molecule is CN(C)c1ccc(C=C2N=C(c3ccc4c(c3)OCO4)OC2=O)cc1. The van der Waals surface area contributed by atoms with E-state index in [1.165, 1.54) is 0 Å². The summed E-state index contributed by atoms with van der Waals surface area (Å²) in [7, 11) is 3.95. The number of rotatable bonds is 3. The van der Waals surface area contributed by atoms with E-state index in [9.17, 15) is 4.79 Å². The van der Waals surface area contributed by atoms with Gasteiger partial charge in [0.25, 0.3) is 0 Å². The Kier molecular flexibility index (Phi) is 3.65. The van der Waals surface area contributed by atoms with E-state index >= 15 is 0 Å². The molecule has 0 spiro atoms. The van der Waals surface area contributed by atoms with Crippen LogP contribution in [0.5, 0.6) is 11.5 Å². The Labute approximate surface area is 144 Å². The van der Waals surface area contributed by atoms with E-state index in [1.54, 1.807) is 24.3 Å². The number of ether oxygens (including phenoxy) is 3. The van der Waals surface area contributed by atoms with Crippen LogP contribution in [0.3, 0.4) is 0 Å². The molecule has 0 bridgehead atoms. The first kappa shape index (κ1) is 15.3. The number of hydrogen-bond acceptors (Lipinski definition) is 6. The predicted octanol–water partition coefficient (Wildman–Crippen LogP) is 2.83. The van der Waals surface area contributed by atoms with Gasteiger partial charge in [0.1, 0.15) is 0 Å². The molecule has 126 valence electrons. The highest BCUT2D eigenvalue weighted by atomic mass is 16.7. The van der Waals surface area contributed by atoms with Gasteiger partial charge in [0.2, 0.25) is 12.7 Å². The maximum absolute atomic E-state index is 12.1. The summed E-state index contributed by atoms with van der Waals surface area (Å²) >= 11 is 0. The third-order valence-electron chi connectivity index (χ3n) is 3.95. The Bertz CT molecular complexity index is 898. The van der Waals surface area contributed by atoms with Gasteiger partial charge in [-0.15, -0.1) is 0 Å². The molecule has 0 aliphatic carbocycles. The first-order valence-electron chi connectivity index (χ1n) is 7.80. The number of esters is 1. The number of carbonyl (C=O) groups is 1. The molecule has 6 nitrogen and oxygen atoms in total. The Balaban J connectivity index is 1.61. The average molecular weight is 336 g/mol. The topological polar surface area (TPSA) is 60.4 Å². The highest BCUT2D eigenvalue weighted by Crippen LogP contribution is 2.33. The van der Waals surface area contributed by atoms with Crippen molar-refractivity contribution in [2.24, 2.45) is 4.99 Å². The van der Waals surface area contributed by atoms with E-state index in [4.69, 9.17) is 14.2 Å². The minimum Gasteiger partial charge on any atom is -0.454 e. The highest BCUT2D eigenvalue weighted by Gasteiger charge is 2.25. The van der Waals surface area contributed by atoms with Gasteiger partial charge in [-0.3, -0.25) is 0 Å². The summed E-state index contributed by atoms with van der Waals surface area (Å²) in [4.78, 5) is 18.4. The minimum absolute atomic E-state index is 0.194. The number of aliphatic imine (C=N–C) groups is 1. The van der Waals surface area contributed by atoms with Crippen molar-refractivity contribution in [3.63, 3.8) is 0 Å². The second-order valence-electron chi connectivity index (χ2n) is 5.89. The lowest BCUT2D eigenvalue weighted by atomic mass is 10.1. The van der Waals surface area contributed by atoms with Crippen LogP contribution in [0.4, 0.5) is 5.69 Å². The van der Waals surface area contributed by atoms with E-state index in [2.05, 4.69) is 4.99 Å². The number of hydrogen-bond donors (Lipinski definition) is 0. The second-order valence-corrected chi connectivity index (χ2v) is 5.89. The third kappa shape index (κ3) is 2.94. The molecule has 0 unspecified atom stereocenters. The second kappa shape index (κ2) is 5.98. The van der Waals surface area contributed by atoms with Crippen LogP contribution in [0.25, 0.3) is 6.08 Å². The average Bonchev–Trinajstić information content (AvgIpc) is 3.21. The number of fused-ring (bicyclic) bond motifs is 1. The summed E-state index contributed by atoms with van der Waals surface area (Å²) in [5, 5.41) is 0. The summed E-state index contributed by atoms with van der Waals surface area (Å²) in [6.45, 7) is 0.194. The van der Waals surface area contributed by atoms with Gasteiger partial charge < -0.3 is 19.1 Å². The fraction of sp³-hybridized carbons (Fsp3) is 0.158. The molecule has 25 heavy (non-hydrogen) atoms. The molecule has 0 saturated carbocycles. The maximum atomic E-state index is 12.1. The molecule has 0 amide bonds. The van der Waals surface area contributed by atoms with Crippen molar-refractivity contribution in [1.82, 2.24) is 0 Å². The van der Waals surface area contributed by atoms with Crippen molar-refractivity contribution < 1.29 is 19.0 Å². The summed E-state index contributed by atoms with van der Waals surface area (Å²) in [5.41, 5.74) is 2.91. The molecule has 2 aromatic carbocycles. The molecule has 6 heteroatoms. The van der Waals surface area contributed by atoms with Gasteiger partial charge in [-0.1, -0.05) is 12.1 Å². The van der Waals surface area contributed by atoms with Crippen molar-refractivity contribution in [1.29, 1.82) is 0 Å². The summed E-state index contributed by atoms with van der Waals surface area (Å²) < 4.78 is 15.9. The summed E-state index contributed by atoms with van der Waals surface area (Å²) in [6, 6.07) is 13.1. The lowest BCUT2D eigenvalue weighted by molar-refractivity contribution is -0.129. The minimum atomic E-state index is -0.468. The normalized spacial score (nSPS) is 16.8. The predicted molar refractivity (Wildman–Crippen MR) is 93.9 cm³/mol. The standard InChI is InChI=1S/C19H16N2O4/c1-21(2)14-6-3-12(4-7-14)9-15-19(22)25-18(20-15)13-5-8-16-17(10-13)24-11-23-16/h3-10H,11H2,1-2H3. The van der Waals surface area contributed by atoms with Crippen LogP contribution in [-0.2, 0) is 9.53 Å². The first-order valence-corrected chi connectivity index (χ1v) is 7.80. The molecule has 2 aliphatic rings. The molecule has 0 fully saturated rings. The molecule has 0 radical (unpaired) electrons. The smallest absolute Gasteiger partial charge is 0.363 e. The molecule has 4 rings (SSSR count). The monoisotopic (exact) mass is 336 g/mol. The molecular formula is C19H16N2O4. The Hall–Kier alpha value is -3.28. The molecule has 2 heterocycles. The van der Waals surface area contributed by atoms with E-state index in [0.717, 1.165) is 11.3 Å². The van der Waals surface area contributed by atoms with E-state index in [1.807, 2.05) is 43.3 Å². The number of cyclic esters (lactones) is 1. The highest BCUT2D eigenvalue weighted by molar-refractivity contribution is 6.13. The summed E-state index contributed by atoms with van der Waals surface area (Å²) in [6.07, 6.45) is 1.71. The zero-order valence-corrected chi connectivity index (χ0v) is 13.9. The van der Waals surface area contributed by atoms with Crippen LogP contribution in [-0.4, -0.2) is 32.8 Å². The van der Waals surface area contributed by atoms with E-state index < -0.39 is 5.97 Å². The van der Waals surface area contributed by atoms with Gasteiger partial charge in [-0.05, 0) is 42.0 Å². The van der Waals surface area contributed by atoms with Crippen molar-refractivity contribution in [3.8, 4) is 11.5 Å². The zero-order chi connectivity index (χ0) is 17.4. The number of benzene rings is 2. The lowest BCUT2D eigenvalue weighted by Gasteiger charge is -2.11. The Morgan fingerprint density at radius 3 is 2.56 bits per heavy atom. The van der Waals surface area contributed by atoms with Crippen LogP contribution < -0.4 is 14.4 Å². The molecule has 0 aromatic heterocycles. The third-order valence-corrected chi connectivity index (χ3v) is 3.95. The Morgan fingerprint density at radius 2 is 1.80 bits per heavy atom. The molecule has 0 saturated heterocycles. The van der Waals surface area contributed by atoms with Gasteiger partial charge in [-0.2, -0.15) is 0 Å². The zero-order valence-electron chi connectivity index (χ0n) is 13.9. The molecule has 2 aromatic rings. The molecular weight excluding hydrogens is 320 g/mol. The van der Waals surface area contributed by atoms with Gasteiger partial charge >= 0.3 is 5.97 Å². The van der Waals surface area contributed by atoms with Gasteiger partial charge in [0, 0.05) is 25.3 Å². The molecule has 2 aliphatic heterocycles. The first-order chi connectivity index (χ1) is 12.1. The van der Waals surface area contributed by atoms with Crippen LogP contribution >= 0.6 is 0 Å². The molecule has 0 N–H and O–H groups in total. The maximum Gasteiger partial charge on any atom is 0.363 e.